The summed E-state index contributed by atoms with van der Waals surface area (Å²) in [4.78, 5) is 11.4. The molecule has 0 bridgehead atoms. The number of thiocarbonyl (C=S) groups is 1. The number of carboxylic acids is 1. The van der Waals surface area contributed by atoms with Gasteiger partial charge in [-0.2, -0.15) is 0 Å². The van der Waals surface area contributed by atoms with E-state index < -0.39 is 5.97 Å². The third-order valence-corrected chi connectivity index (χ3v) is 3.02. The predicted molar refractivity (Wildman–Crippen MR) is 69.7 cm³/mol. The summed E-state index contributed by atoms with van der Waals surface area (Å²) >= 11 is 6.02. The van der Waals surface area contributed by atoms with Crippen LogP contribution < -0.4 is 0 Å². The molecule has 0 aliphatic carbocycles. The largest absolute Gasteiger partial charge is 0.478 e. The van der Waals surface area contributed by atoms with Crippen molar-refractivity contribution >= 4 is 39.1 Å². The Morgan fingerprint density at radius 2 is 2.06 bits per heavy atom. The van der Waals surface area contributed by atoms with Crippen LogP contribution in [0.25, 0.3) is 4.91 Å². The van der Waals surface area contributed by atoms with E-state index in [9.17, 15) is 4.79 Å². The molecule has 0 atom stereocenters. The molecule has 0 fully saturated rings. The Kier molecular flexibility index (Phi) is 4.67. The van der Waals surface area contributed by atoms with Crippen molar-refractivity contribution in [3.63, 3.8) is 0 Å². The molecule has 16 heavy (non-hydrogen) atoms. The van der Waals surface area contributed by atoms with Crippen molar-refractivity contribution in [2.45, 2.75) is 0 Å². The normalized spacial score (nSPS) is 9.81. The van der Waals surface area contributed by atoms with Crippen molar-refractivity contribution in [2.75, 3.05) is 6.61 Å². The Labute approximate surface area is 103 Å². The molecule has 1 rings (SSSR count). The van der Waals surface area contributed by atoms with Crippen molar-refractivity contribution in [1.29, 1.82) is 0 Å². The van der Waals surface area contributed by atoms with Crippen LogP contribution in [0.4, 0.5) is 0 Å². The zero-order valence-electron chi connectivity index (χ0n) is 8.34. The van der Waals surface area contributed by atoms with Gasteiger partial charge in [-0.25, -0.2) is 4.79 Å². The molecule has 0 radical (unpaired) electrons. The van der Waals surface area contributed by atoms with Crippen LogP contribution in [-0.4, -0.2) is 27.0 Å². The maximum absolute atomic E-state index is 10.8. The Morgan fingerprint density at radius 3 is 2.62 bits per heavy atom. The van der Waals surface area contributed by atoms with E-state index in [2.05, 4.69) is 6.58 Å². The monoisotopic (exact) mass is 254 g/mol. The molecule has 1 aromatic rings. The molecular weight excluding hydrogens is 244 g/mol. The van der Waals surface area contributed by atoms with E-state index in [0.29, 0.717) is 14.7 Å². The van der Waals surface area contributed by atoms with Gasteiger partial charge in [0.05, 0.1) is 16.4 Å². The first-order valence-corrected chi connectivity index (χ1v) is 5.61. The van der Waals surface area contributed by atoms with E-state index in [1.165, 1.54) is 23.9 Å². The van der Waals surface area contributed by atoms with Gasteiger partial charge in [-0.3, -0.25) is 0 Å². The maximum Gasteiger partial charge on any atom is 0.335 e. The van der Waals surface area contributed by atoms with Crippen LogP contribution in [0, 0.1) is 0 Å². The predicted octanol–water partition coefficient (Wildman–Crippen LogP) is 2.41. The molecule has 1 aromatic carbocycles. The number of aromatic carboxylic acids is 1. The number of rotatable bonds is 4. The maximum atomic E-state index is 10.8. The first-order chi connectivity index (χ1) is 7.54. The van der Waals surface area contributed by atoms with E-state index in [1.54, 1.807) is 12.1 Å². The zero-order valence-corrected chi connectivity index (χ0v) is 9.98. The van der Waals surface area contributed by atoms with Gasteiger partial charge in [0.25, 0.3) is 0 Å². The standard InChI is InChI=1S/C11H10O3S2/c1-7(16-10(15)6-12)8-3-2-4-9(5-8)11(13)14/h2-5,12H,1,6H2,(H,13,14). The third kappa shape index (κ3) is 3.44. The van der Waals surface area contributed by atoms with Gasteiger partial charge in [0, 0.05) is 4.91 Å². The van der Waals surface area contributed by atoms with Gasteiger partial charge in [-0.1, -0.05) is 42.7 Å². The van der Waals surface area contributed by atoms with Crippen molar-refractivity contribution in [3.8, 4) is 0 Å². The van der Waals surface area contributed by atoms with Crippen LogP contribution in [0.1, 0.15) is 15.9 Å². The molecule has 5 heteroatoms. The van der Waals surface area contributed by atoms with Gasteiger partial charge in [0.15, 0.2) is 0 Å². The number of benzene rings is 1. The van der Waals surface area contributed by atoms with Gasteiger partial charge in [-0.15, -0.1) is 0 Å². The molecule has 0 aliphatic rings. The summed E-state index contributed by atoms with van der Waals surface area (Å²) in [6.45, 7) is 3.59. The molecule has 0 amide bonds. The Bertz CT molecular complexity index is 441. The number of aliphatic hydroxyl groups excluding tert-OH is 1. The molecule has 0 aliphatic heterocycles. The Morgan fingerprint density at radius 1 is 1.44 bits per heavy atom. The highest BCUT2D eigenvalue weighted by molar-refractivity contribution is 8.29. The summed E-state index contributed by atoms with van der Waals surface area (Å²) in [5.74, 6) is -0.982. The van der Waals surface area contributed by atoms with Gasteiger partial charge in [0.2, 0.25) is 0 Å². The van der Waals surface area contributed by atoms with Crippen LogP contribution in [0.2, 0.25) is 0 Å². The van der Waals surface area contributed by atoms with Crippen molar-refractivity contribution in [1.82, 2.24) is 0 Å². The first-order valence-electron chi connectivity index (χ1n) is 4.38. The highest BCUT2D eigenvalue weighted by Crippen LogP contribution is 2.27. The first kappa shape index (κ1) is 12.9. The van der Waals surface area contributed by atoms with E-state index in [-0.39, 0.29) is 12.2 Å². The number of aliphatic hydroxyl groups is 1. The van der Waals surface area contributed by atoms with Gasteiger partial charge in [-0.05, 0) is 17.7 Å². The van der Waals surface area contributed by atoms with Crippen LogP contribution in [0.3, 0.4) is 0 Å². The van der Waals surface area contributed by atoms with Crippen LogP contribution >= 0.6 is 24.0 Å². The minimum absolute atomic E-state index is 0.197. The zero-order chi connectivity index (χ0) is 12.1. The summed E-state index contributed by atoms with van der Waals surface area (Å²) in [5.41, 5.74) is 0.898. The molecule has 0 aromatic heterocycles. The highest BCUT2D eigenvalue weighted by Gasteiger charge is 2.07. The lowest BCUT2D eigenvalue weighted by atomic mass is 10.1. The summed E-state index contributed by atoms with van der Waals surface area (Å²) in [7, 11) is 0. The molecule has 2 N–H and O–H groups in total. The Balaban J connectivity index is 2.88. The average molecular weight is 254 g/mol. The topological polar surface area (TPSA) is 57.5 Å². The summed E-state index contributed by atoms with van der Waals surface area (Å²) in [5, 5.41) is 17.6. The molecule has 0 spiro atoms. The number of hydrogen-bond acceptors (Lipinski definition) is 4. The number of thioether (sulfide) groups is 1. The third-order valence-electron chi connectivity index (χ3n) is 1.80. The lowest BCUT2D eigenvalue weighted by Crippen LogP contribution is -1.98. The van der Waals surface area contributed by atoms with Crippen LogP contribution in [-0.2, 0) is 0 Å². The molecule has 3 nitrogen and oxygen atoms in total. The molecule has 0 heterocycles. The van der Waals surface area contributed by atoms with Gasteiger partial charge in [0.1, 0.15) is 0 Å². The second-order valence-electron chi connectivity index (χ2n) is 2.94. The number of hydrogen-bond donors (Lipinski definition) is 2. The molecule has 0 unspecified atom stereocenters. The van der Waals surface area contributed by atoms with E-state index >= 15 is 0 Å². The van der Waals surface area contributed by atoms with Crippen molar-refractivity contribution in [2.24, 2.45) is 0 Å². The minimum atomic E-state index is -0.982. The van der Waals surface area contributed by atoms with E-state index in [1.807, 2.05) is 0 Å². The van der Waals surface area contributed by atoms with E-state index in [0.717, 1.165) is 0 Å². The molecule has 0 saturated heterocycles. The quantitative estimate of drug-likeness (QED) is 0.808. The molecule has 0 saturated carbocycles. The fraction of sp³-hybridized carbons (Fsp3) is 0.0909. The number of carbonyl (C=O) groups is 1. The van der Waals surface area contributed by atoms with Crippen LogP contribution in [0.5, 0.6) is 0 Å². The summed E-state index contributed by atoms with van der Waals surface area (Å²) in [6, 6.07) is 6.43. The van der Waals surface area contributed by atoms with Crippen molar-refractivity contribution < 1.29 is 15.0 Å². The smallest absolute Gasteiger partial charge is 0.335 e. The fourth-order valence-corrected chi connectivity index (χ4v) is 1.94. The second-order valence-corrected chi connectivity index (χ2v) is 4.88. The van der Waals surface area contributed by atoms with Crippen molar-refractivity contribution in [3.05, 3.63) is 42.0 Å². The van der Waals surface area contributed by atoms with Crippen LogP contribution in [0.15, 0.2) is 30.8 Å². The summed E-state index contributed by atoms with van der Waals surface area (Å²) in [6.07, 6.45) is 0. The lowest BCUT2D eigenvalue weighted by molar-refractivity contribution is 0.0697. The average Bonchev–Trinajstić information content (AvgIpc) is 2.28. The fourth-order valence-electron chi connectivity index (χ4n) is 1.05. The van der Waals surface area contributed by atoms with Gasteiger partial charge >= 0.3 is 5.97 Å². The highest BCUT2D eigenvalue weighted by atomic mass is 32.2. The van der Waals surface area contributed by atoms with E-state index in [4.69, 9.17) is 22.4 Å². The van der Waals surface area contributed by atoms with Gasteiger partial charge < -0.3 is 10.2 Å². The number of carboxylic acid groups (broad SMARTS) is 1. The minimum Gasteiger partial charge on any atom is -0.478 e. The SMILES string of the molecule is C=C(SC(=S)CO)c1cccc(C(=O)O)c1. The molecular formula is C11H10O3S2. The second kappa shape index (κ2) is 5.79. The summed E-state index contributed by atoms with van der Waals surface area (Å²) < 4.78 is 0.408. The lowest BCUT2D eigenvalue weighted by Gasteiger charge is -2.05. The Hall–Kier alpha value is -1.17. The molecule has 84 valence electrons.